The molecule has 0 spiro atoms. The fraction of sp³-hybridized carbons (Fsp3) is 0. The van der Waals surface area contributed by atoms with Crippen molar-refractivity contribution < 1.29 is 9.59 Å². The van der Waals surface area contributed by atoms with Crippen LogP contribution in [0.1, 0.15) is 0 Å². The van der Waals surface area contributed by atoms with Gasteiger partial charge < -0.3 is 10.6 Å². The molecule has 0 bridgehead atoms. The molecule has 1 aliphatic heterocycles. The van der Waals surface area contributed by atoms with Crippen molar-refractivity contribution in [1.29, 1.82) is 0 Å². The topological polar surface area (TPSA) is 58.2 Å². The SMILES string of the molecule is O=C(Nc1cc(Cl)ccc1Cl)C(Cl)=C1Sc2ccccc2NC1=O. The number of thioether (sulfide) groups is 1. The fourth-order valence-electron chi connectivity index (χ4n) is 2.01. The van der Waals surface area contributed by atoms with Crippen LogP contribution in [0.5, 0.6) is 0 Å². The molecular formula is C16H9Cl3N2O2S. The molecule has 0 saturated carbocycles. The molecule has 122 valence electrons. The van der Waals surface area contributed by atoms with E-state index in [9.17, 15) is 9.59 Å². The molecular weight excluding hydrogens is 391 g/mol. The summed E-state index contributed by atoms with van der Waals surface area (Å²) in [5.74, 6) is -1.08. The molecule has 0 saturated heterocycles. The van der Waals surface area contributed by atoms with Crippen LogP contribution < -0.4 is 10.6 Å². The third-order valence-corrected chi connectivity index (χ3v) is 5.34. The van der Waals surface area contributed by atoms with Gasteiger partial charge in [0.15, 0.2) is 0 Å². The zero-order chi connectivity index (χ0) is 17.3. The van der Waals surface area contributed by atoms with Crippen molar-refractivity contribution in [1.82, 2.24) is 0 Å². The minimum absolute atomic E-state index is 0.117. The first-order valence-electron chi connectivity index (χ1n) is 6.70. The van der Waals surface area contributed by atoms with Gasteiger partial charge in [-0.3, -0.25) is 9.59 Å². The molecule has 0 atom stereocenters. The van der Waals surface area contributed by atoms with Crippen LogP contribution in [-0.2, 0) is 9.59 Å². The lowest BCUT2D eigenvalue weighted by molar-refractivity contribution is -0.114. The van der Waals surface area contributed by atoms with Crippen molar-refractivity contribution in [3.8, 4) is 0 Å². The molecule has 0 fully saturated rings. The predicted molar refractivity (Wildman–Crippen MR) is 98.9 cm³/mol. The molecule has 1 heterocycles. The van der Waals surface area contributed by atoms with E-state index >= 15 is 0 Å². The summed E-state index contributed by atoms with van der Waals surface area (Å²) in [5.41, 5.74) is 0.994. The lowest BCUT2D eigenvalue weighted by Crippen LogP contribution is -2.22. The average Bonchev–Trinajstić information content (AvgIpc) is 2.56. The molecule has 2 N–H and O–H groups in total. The smallest absolute Gasteiger partial charge is 0.268 e. The van der Waals surface area contributed by atoms with Crippen molar-refractivity contribution in [3.63, 3.8) is 0 Å². The second-order valence-corrected chi connectivity index (χ2v) is 7.05. The van der Waals surface area contributed by atoms with E-state index in [2.05, 4.69) is 10.6 Å². The van der Waals surface area contributed by atoms with E-state index in [4.69, 9.17) is 34.8 Å². The van der Waals surface area contributed by atoms with Crippen LogP contribution in [-0.4, -0.2) is 11.8 Å². The van der Waals surface area contributed by atoms with E-state index in [1.54, 1.807) is 18.2 Å². The van der Waals surface area contributed by atoms with E-state index < -0.39 is 11.8 Å². The molecule has 0 aliphatic carbocycles. The number of amides is 2. The van der Waals surface area contributed by atoms with Crippen LogP contribution in [0.2, 0.25) is 10.0 Å². The fourth-order valence-corrected chi connectivity index (χ4v) is 3.52. The van der Waals surface area contributed by atoms with Gasteiger partial charge in [0, 0.05) is 9.92 Å². The maximum absolute atomic E-state index is 12.3. The normalized spacial score (nSPS) is 15.4. The average molecular weight is 400 g/mol. The summed E-state index contributed by atoms with van der Waals surface area (Å²) in [6.45, 7) is 0. The largest absolute Gasteiger partial charge is 0.320 e. The monoisotopic (exact) mass is 398 g/mol. The Morgan fingerprint density at radius 1 is 1.12 bits per heavy atom. The summed E-state index contributed by atoms with van der Waals surface area (Å²) in [7, 11) is 0. The number of para-hydroxylation sites is 1. The summed E-state index contributed by atoms with van der Waals surface area (Å²) in [6, 6.07) is 11.9. The van der Waals surface area contributed by atoms with Crippen LogP contribution >= 0.6 is 46.6 Å². The zero-order valence-electron chi connectivity index (χ0n) is 11.9. The molecule has 2 aromatic carbocycles. The highest BCUT2D eigenvalue weighted by Gasteiger charge is 2.26. The van der Waals surface area contributed by atoms with Crippen molar-refractivity contribution in [2.24, 2.45) is 0 Å². The Labute approximate surface area is 157 Å². The van der Waals surface area contributed by atoms with Gasteiger partial charge in [0.2, 0.25) is 0 Å². The minimum atomic E-state index is -0.641. The number of rotatable bonds is 2. The lowest BCUT2D eigenvalue weighted by atomic mass is 10.3. The zero-order valence-corrected chi connectivity index (χ0v) is 15.0. The van der Waals surface area contributed by atoms with Crippen LogP contribution in [0.15, 0.2) is 57.3 Å². The van der Waals surface area contributed by atoms with Crippen LogP contribution in [0.4, 0.5) is 11.4 Å². The first-order valence-corrected chi connectivity index (χ1v) is 8.65. The Kier molecular flexibility index (Phi) is 5.06. The molecule has 0 radical (unpaired) electrons. The molecule has 2 amide bonds. The Morgan fingerprint density at radius 3 is 2.67 bits per heavy atom. The number of hydrogen-bond donors (Lipinski definition) is 2. The number of nitrogens with one attached hydrogen (secondary N) is 2. The molecule has 4 nitrogen and oxygen atoms in total. The molecule has 8 heteroatoms. The van der Waals surface area contributed by atoms with Crippen LogP contribution in [0.25, 0.3) is 0 Å². The van der Waals surface area contributed by atoms with E-state index in [0.29, 0.717) is 21.4 Å². The first-order chi connectivity index (χ1) is 11.5. The van der Waals surface area contributed by atoms with Gasteiger partial charge >= 0.3 is 0 Å². The number of carbonyl (C=O) groups excluding carboxylic acids is 2. The molecule has 2 aromatic rings. The Bertz CT molecular complexity index is 883. The summed E-state index contributed by atoms with van der Waals surface area (Å²) >= 11 is 19.2. The quantitative estimate of drug-likeness (QED) is 0.689. The van der Waals surface area contributed by atoms with Gasteiger partial charge in [-0.1, -0.05) is 58.7 Å². The number of halogens is 3. The van der Waals surface area contributed by atoms with E-state index in [1.165, 1.54) is 6.07 Å². The Hall–Kier alpha value is -1.66. The van der Waals surface area contributed by atoms with Crippen molar-refractivity contribution in [2.45, 2.75) is 4.90 Å². The minimum Gasteiger partial charge on any atom is -0.320 e. The molecule has 0 aromatic heterocycles. The molecule has 1 aliphatic rings. The van der Waals surface area contributed by atoms with Gasteiger partial charge in [0.1, 0.15) is 9.94 Å². The first kappa shape index (κ1) is 17.2. The van der Waals surface area contributed by atoms with Gasteiger partial charge in [-0.2, -0.15) is 0 Å². The Morgan fingerprint density at radius 2 is 1.88 bits per heavy atom. The van der Waals surface area contributed by atoms with Crippen LogP contribution in [0, 0.1) is 0 Å². The number of fused-ring (bicyclic) bond motifs is 1. The predicted octanol–water partition coefficient (Wildman–Crippen LogP) is 5.13. The van der Waals surface area contributed by atoms with E-state index in [0.717, 1.165) is 16.7 Å². The van der Waals surface area contributed by atoms with Gasteiger partial charge in [0.05, 0.1) is 16.4 Å². The maximum Gasteiger partial charge on any atom is 0.268 e. The standard InChI is InChI=1S/C16H9Cl3N2O2S/c17-8-5-6-9(18)11(7-8)21-15(22)13(19)14-16(23)20-10-3-1-2-4-12(10)24-14/h1-7H,(H,20,23)(H,21,22). The van der Waals surface area contributed by atoms with Gasteiger partial charge in [-0.15, -0.1) is 0 Å². The highest BCUT2D eigenvalue weighted by molar-refractivity contribution is 8.04. The van der Waals surface area contributed by atoms with E-state index in [-0.39, 0.29) is 9.94 Å². The summed E-state index contributed by atoms with van der Waals surface area (Å²) in [6.07, 6.45) is 0. The van der Waals surface area contributed by atoms with E-state index in [1.807, 2.05) is 18.2 Å². The second kappa shape index (κ2) is 7.07. The number of hydrogen-bond acceptors (Lipinski definition) is 3. The third-order valence-electron chi connectivity index (χ3n) is 3.13. The van der Waals surface area contributed by atoms with Crippen molar-refractivity contribution in [3.05, 3.63) is 62.4 Å². The Balaban J connectivity index is 1.88. The lowest BCUT2D eigenvalue weighted by Gasteiger charge is -2.19. The van der Waals surface area contributed by atoms with Crippen LogP contribution in [0.3, 0.4) is 0 Å². The second-order valence-electron chi connectivity index (χ2n) is 4.77. The summed E-state index contributed by atoms with van der Waals surface area (Å²) < 4.78 is 0. The van der Waals surface area contributed by atoms with Gasteiger partial charge in [0.25, 0.3) is 11.8 Å². The van der Waals surface area contributed by atoms with Gasteiger partial charge in [-0.05, 0) is 30.3 Å². The highest BCUT2D eigenvalue weighted by Crippen LogP contribution is 2.40. The van der Waals surface area contributed by atoms with Crippen molar-refractivity contribution in [2.75, 3.05) is 10.6 Å². The molecule has 24 heavy (non-hydrogen) atoms. The summed E-state index contributed by atoms with van der Waals surface area (Å²) in [4.78, 5) is 25.4. The molecule has 0 unspecified atom stereocenters. The number of benzene rings is 2. The highest BCUT2D eigenvalue weighted by atomic mass is 35.5. The number of anilines is 2. The molecule has 3 rings (SSSR count). The third kappa shape index (κ3) is 3.54. The maximum atomic E-state index is 12.3. The van der Waals surface area contributed by atoms with Crippen molar-refractivity contribution >= 4 is 69.8 Å². The number of carbonyl (C=O) groups is 2. The summed E-state index contributed by atoms with van der Waals surface area (Å²) in [5, 5.41) is 5.76. The van der Waals surface area contributed by atoms with Gasteiger partial charge in [-0.25, -0.2) is 0 Å².